The highest BCUT2D eigenvalue weighted by Crippen LogP contribution is 2.49. The van der Waals surface area contributed by atoms with Crippen LogP contribution in [0.5, 0.6) is 0 Å². The standard InChI is InChI=1S/C22H24N6O2S2/c1-3-22(2)9-14-16(10-30-22)32-19-17(14)18-23-12-24-28(18)20-25-26-21(27(19)20)31-11-15(29)13-7-5-4-6-8-13/h4-8,18,23-24H,3,9-12H2,1-2H3/t18?,22-/m0/s1. The van der Waals surface area contributed by atoms with Gasteiger partial charge >= 0.3 is 0 Å². The van der Waals surface area contributed by atoms with Crippen molar-refractivity contribution < 1.29 is 9.53 Å². The number of hydrogen-bond acceptors (Lipinski definition) is 9. The van der Waals surface area contributed by atoms with Crippen LogP contribution in [0.3, 0.4) is 0 Å². The highest BCUT2D eigenvalue weighted by Gasteiger charge is 2.44. The quantitative estimate of drug-likeness (QED) is 0.435. The van der Waals surface area contributed by atoms with Crippen molar-refractivity contribution in [1.29, 1.82) is 0 Å². The van der Waals surface area contributed by atoms with Gasteiger partial charge in [-0.25, -0.2) is 9.99 Å². The van der Waals surface area contributed by atoms with Gasteiger partial charge in [-0.05, 0) is 18.9 Å². The second-order valence-electron chi connectivity index (χ2n) is 8.50. The van der Waals surface area contributed by atoms with E-state index in [4.69, 9.17) is 4.74 Å². The second kappa shape index (κ2) is 7.67. The first kappa shape index (κ1) is 20.4. The van der Waals surface area contributed by atoms with E-state index < -0.39 is 0 Å². The average molecular weight is 469 g/mol. The molecular weight excluding hydrogens is 444 g/mol. The molecule has 0 aliphatic carbocycles. The molecule has 3 aliphatic rings. The maximum atomic E-state index is 12.7. The third-order valence-electron chi connectivity index (χ3n) is 6.50. The molecule has 32 heavy (non-hydrogen) atoms. The number of thioether (sulfide) groups is 1. The highest BCUT2D eigenvalue weighted by atomic mass is 32.2. The van der Waals surface area contributed by atoms with Gasteiger partial charge in [-0.3, -0.25) is 15.1 Å². The first-order valence-corrected chi connectivity index (χ1v) is 12.6. The van der Waals surface area contributed by atoms with Gasteiger partial charge in [-0.2, -0.15) is 0 Å². The number of nitrogens with one attached hydrogen (secondary N) is 2. The minimum absolute atomic E-state index is 0.0182. The number of carbonyl (C=O) groups is 1. The van der Waals surface area contributed by atoms with Gasteiger partial charge < -0.3 is 4.74 Å². The lowest BCUT2D eigenvalue weighted by Crippen LogP contribution is -2.40. The Morgan fingerprint density at radius 3 is 3.00 bits per heavy atom. The van der Waals surface area contributed by atoms with E-state index in [1.165, 1.54) is 27.8 Å². The van der Waals surface area contributed by atoms with Crippen LogP contribution in [0.1, 0.15) is 52.8 Å². The number of aromatic nitrogens is 3. The number of ketones is 1. The van der Waals surface area contributed by atoms with Crippen LogP contribution in [-0.4, -0.2) is 38.6 Å². The minimum Gasteiger partial charge on any atom is -0.369 e. The first-order chi connectivity index (χ1) is 15.6. The molecule has 1 fully saturated rings. The summed E-state index contributed by atoms with van der Waals surface area (Å²) in [6, 6.07) is 9.39. The zero-order valence-corrected chi connectivity index (χ0v) is 19.6. The van der Waals surface area contributed by atoms with Crippen LogP contribution in [-0.2, 0) is 17.8 Å². The van der Waals surface area contributed by atoms with Gasteiger partial charge in [0, 0.05) is 22.4 Å². The number of hydrazine groups is 1. The summed E-state index contributed by atoms with van der Waals surface area (Å²) in [6.07, 6.45) is 1.88. The highest BCUT2D eigenvalue weighted by molar-refractivity contribution is 7.99. The number of thiophene rings is 1. The molecule has 0 spiro atoms. The predicted octanol–water partition coefficient (Wildman–Crippen LogP) is 3.43. The summed E-state index contributed by atoms with van der Waals surface area (Å²) in [5.74, 6) is 1.15. The molecule has 2 N–H and O–H groups in total. The summed E-state index contributed by atoms with van der Waals surface area (Å²) in [6.45, 7) is 5.67. The lowest BCUT2D eigenvalue weighted by atomic mass is 9.88. The van der Waals surface area contributed by atoms with Crippen molar-refractivity contribution in [2.24, 2.45) is 0 Å². The van der Waals surface area contributed by atoms with E-state index in [0.29, 0.717) is 24.6 Å². The van der Waals surface area contributed by atoms with Crippen LogP contribution in [0.2, 0.25) is 0 Å². The molecule has 6 rings (SSSR count). The third kappa shape index (κ3) is 3.12. The SMILES string of the molecule is CC[C@@]1(C)Cc2c(sc3c2C2NCNN2c2nnc(SCC(=O)c4ccccc4)n2-3)CO1. The van der Waals surface area contributed by atoms with Gasteiger partial charge in [-0.15, -0.1) is 21.5 Å². The Kier molecular flexibility index (Phi) is 4.88. The number of rotatable bonds is 5. The molecule has 1 aromatic carbocycles. The number of benzene rings is 1. The number of Topliss-reactive ketones (excluding diaryl/α,β-unsaturated/α-hetero) is 1. The van der Waals surface area contributed by atoms with Crippen LogP contribution >= 0.6 is 23.1 Å². The predicted molar refractivity (Wildman–Crippen MR) is 124 cm³/mol. The smallest absolute Gasteiger partial charge is 0.249 e. The molecule has 1 unspecified atom stereocenters. The maximum absolute atomic E-state index is 12.7. The van der Waals surface area contributed by atoms with E-state index in [0.717, 1.165) is 28.9 Å². The Balaban J connectivity index is 1.38. The van der Waals surface area contributed by atoms with E-state index in [-0.39, 0.29) is 17.6 Å². The summed E-state index contributed by atoms with van der Waals surface area (Å²) in [7, 11) is 0. The summed E-state index contributed by atoms with van der Waals surface area (Å²) in [5, 5.41) is 16.4. The van der Waals surface area contributed by atoms with Gasteiger partial charge in [0.1, 0.15) is 11.2 Å². The average Bonchev–Trinajstić information content (AvgIpc) is 3.54. The Labute approximate surface area is 194 Å². The van der Waals surface area contributed by atoms with Gasteiger partial charge in [-0.1, -0.05) is 49.0 Å². The molecule has 0 bridgehead atoms. The van der Waals surface area contributed by atoms with Gasteiger partial charge in [0.2, 0.25) is 5.95 Å². The zero-order chi connectivity index (χ0) is 21.9. The number of carbonyl (C=O) groups excluding carboxylic acids is 1. The summed E-state index contributed by atoms with van der Waals surface area (Å²) in [5.41, 5.74) is 6.61. The van der Waals surface area contributed by atoms with Crippen molar-refractivity contribution >= 4 is 34.8 Å². The summed E-state index contributed by atoms with van der Waals surface area (Å²) < 4.78 is 8.33. The largest absolute Gasteiger partial charge is 0.369 e. The fraction of sp³-hybridized carbons (Fsp3) is 0.409. The van der Waals surface area contributed by atoms with Gasteiger partial charge in [0.15, 0.2) is 10.9 Å². The van der Waals surface area contributed by atoms with E-state index >= 15 is 0 Å². The number of anilines is 1. The molecule has 0 radical (unpaired) electrons. The van der Waals surface area contributed by atoms with Crippen molar-refractivity contribution in [3.8, 4) is 5.00 Å². The fourth-order valence-corrected chi connectivity index (χ4v) is 6.66. The summed E-state index contributed by atoms with van der Waals surface area (Å²) in [4.78, 5) is 13.9. The van der Waals surface area contributed by atoms with Crippen LogP contribution in [0, 0.1) is 0 Å². The molecule has 2 aromatic heterocycles. The third-order valence-corrected chi connectivity index (χ3v) is 8.64. The van der Waals surface area contributed by atoms with E-state index in [2.05, 4.69) is 44.4 Å². The lowest BCUT2D eigenvalue weighted by molar-refractivity contribution is -0.0549. The normalized spacial score (nSPS) is 23.4. The fourth-order valence-electron chi connectivity index (χ4n) is 4.52. The van der Waals surface area contributed by atoms with Crippen molar-refractivity contribution in [3.63, 3.8) is 0 Å². The summed E-state index contributed by atoms with van der Waals surface area (Å²) >= 11 is 3.19. The number of ether oxygens (including phenoxy) is 1. The molecule has 0 amide bonds. The second-order valence-corrected chi connectivity index (χ2v) is 10.5. The van der Waals surface area contributed by atoms with E-state index in [1.807, 2.05) is 30.3 Å². The topological polar surface area (TPSA) is 84.3 Å². The van der Waals surface area contributed by atoms with Crippen molar-refractivity contribution in [1.82, 2.24) is 25.5 Å². The number of hydrogen-bond donors (Lipinski definition) is 2. The number of nitrogens with zero attached hydrogens (tertiary/aromatic N) is 4. The molecule has 0 saturated carbocycles. The van der Waals surface area contributed by atoms with Crippen molar-refractivity contribution in [3.05, 3.63) is 51.9 Å². The van der Waals surface area contributed by atoms with Crippen LogP contribution in [0.15, 0.2) is 35.5 Å². The minimum atomic E-state index is -0.147. The molecule has 166 valence electrons. The Bertz CT molecular complexity index is 1190. The molecule has 2 atom stereocenters. The van der Waals surface area contributed by atoms with Crippen LogP contribution < -0.4 is 15.8 Å². The number of fused-ring (bicyclic) bond motifs is 8. The van der Waals surface area contributed by atoms with Crippen molar-refractivity contribution in [2.75, 3.05) is 17.4 Å². The molecule has 3 aliphatic heterocycles. The molecular formula is C22H24N6O2S2. The van der Waals surface area contributed by atoms with E-state index in [9.17, 15) is 4.79 Å². The first-order valence-electron chi connectivity index (χ1n) is 10.8. The monoisotopic (exact) mass is 468 g/mol. The maximum Gasteiger partial charge on any atom is 0.249 e. The Morgan fingerprint density at radius 2 is 2.19 bits per heavy atom. The van der Waals surface area contributed by atoms with Gasteiger partial charge in [0.25, 0.3) is 0 Å². The Hall–Kier alpha value is -2.24. The van der Waals surface area contributed by atoms with E-state index in [1.54, 1.807) is 11.3 Å². The lowest BCUT2D eigenvalue weighted by Gasteiger charge is -2.35. The van der Waals surface area contributed by atoms with Gasteiger partial charge in [0.05, 0.1) is 24.6 Å². The molecule has 10 heteroatoms. The molecule has 5 heterocycles. The van der Waals surface area contributed by atoms with Crippen molar-refractivity contribution in [2.45, 2.75) is 50.2 Å². The van der Waals surface area contributed by atoms with Crippen LogP contribution in [0.4, 0.5) is 5.95 Å². The molecule has 1 saturated heterocycles. The molecule has 8 nitrogen and oxygen atoms in total. The Morgan fingerprint density at radius 1 is 1.34 bits per heavy atom. The molecule has 3 aromatic rings. The van der Waals surface area contributed by atoms with Crippen LogP contribution in [0.25, 0.3) is 5.00 Å². The zero-order valence-electron chi connectivity index (χ0n) is 17.9.